The van der Waals surface area contributed by atoms with Crippen molar-refractivity contribution in [3.8, 4) is 0 Å². The fourth-order valence-corrected chi connectivity index (χ4v) is 3.67. The van der Waals surface area contributed by atoms with Crippen LogP contribution < -0.4 is 4.90 Å². The highest BCUT2D eigenvalue weighted by molar-refractivity contribution is 7.91. The number of anilines is 1. The maximum atomic E-state index is 12.5. The molecule has 0 heterocycles. The third kappa shape index (κ3) is 4.50. The van der Waals surface area contributed by atoms with Crippen LogP contribution in [-0.2, 0) is 14.6 Å². The Morgan fingerprint density at radius 1 is 1.13 bits per heavy atom. The third-order valence-electron chi connectivity index (χ3n) is 3.24. The number of halogens is 2. The van der Waals surface area contributed by atoms with Crippen molar-refractivity contribution in [2.45, 2.75) is 4.90 Å². The number of nitrogens with zero attached hydrogens (tertiary/aromatic N) is 1. The molecule has 0 atom stereocenters. The van der Waals surface area contributed by atoms with E-state index in [1.165, 1.54) is 0 Å². The number of hydrogen-bond acceptors (Lipinski definition) is 5. The van der Waals surface area contributed by atoms with Crippen molar-refractivity contribution in [2.75, 3.05) is 31.4 Å². The second kappa shape index (κ2) is 7.86. The first kappa shape index (κ1) is 19.5. The van der Waals surface area contributed by atoms with Crippen LogP contribution in [0.15, 0.2) is 41.3 Å². The Labute approximate surface area is 146 Å². The summed E-state index contributed by atoms with van der Waals surface area (Å²) >= 11 is 5.04. The van der Waals surface area contributed by atoms with Crippen molar-refractivity contribution in [3.05, 3.63) is 36.4 Å². The predicted molar refractivity (Wildman–Crippen MR) is 94.8 cm³/mol. The average Bonchev–Trinajstić information content (AvgIpc) is 2.45. The monoisotopic (exact) mass is 377 g/mol. The summed E-state index contributed by atoms with van der Waals surface area (Å²) in [4.78, 5) is 12.7. The SMILES string of the molecule is CN(C)c1cccc2c(S(=O)(=O)CCOC(=O)Cl)cccc12.Cl. The van der Waals surface area contributed by atoms with Crippen LogP contribution in [0.1, 0.15) is 0 Å². The molecule has 0 aliphatic carbocycles. The molecule has 0 aromatic heterocycles. The van der Waals surface area contributed by atoms with E-state index < -0.39 is 15.3 Å². The molecule has 126 valence electrons. The largest absolute Gasteiger partial charge is 0.453 e. The summed E-state index contributed by atoms with van der Waals surface area (Å²) in [5, 5.41) is 1.49. The molecule has 0 spiro atoms. The summed E-state index contributed by atoms with van der Waals surface area (Å²) in [7, 11) is 0.218. The molecule has 0 fully saturated rings. The molecule has 0 amide bonds. The van der Waals surface area contributed by atoms with Gasteiger partial charge in [-0.1, -0.05) is 24.3 Å². The van der Waals surface area contributed by atoms with E-state index in [4.69, 9.17) is 11.6 Å². The van der Waals surface area contributed by atoms with E-state index in [1.807, 2.05) is 37.2 Å². The number of hydrogen-bond donors (Lipinski definition) is 0. The molecule has 2 rings (SSSR count). The van der Waals surface area contributed by atoms with E-state index in [0.717, 1.165) is 11.1 Å². The fraction of sp³-hybridized carbons (Fsp3) is 0.267. The lowest BCUT2D eigenvalue weighted by Gasteiger charge is -2.16. The highest BCUT2D eigenvalue weighted by Crippen LogP contribution is 2.30. The van der Waals surface area contributed by atoms with Crippen LogP contribution >= 0.6 is 24.0 Å². The number of benzene rings is 2. The molecule has 0 saturated carbocycles. The lowest BCUT2D eigenvalue weighted by atomic mass is 10.1. The molecule has 2 aromatic carbocycles. The van der Waals surface area contributed by atoms with Gasteiger partial charge in [-0.2, -0.15) is 0 Å². The minimum absolute atomic E-state index is 0. The topological polar surface area (TPSA) is 63.7 Å². The molecular formula is C15H17Cl2NO4S. The molecule has 0 unspecified atom stereocenters. The molecule has 0 saturated heterocycles. The van der Waals surface area contributed by atoms with Gasteiger partial charge in [-0.3, -0.25) is 0 Å². The zero-order valence-electron chi connectivity index (χ0n) is 12.7. The Balaban J connectivity index is 0.00000264. The molecule has 0 aliphatic heterocycles. The molecule has 5 nitrogen and oxygen atoms in total. The molecule has 0 radical (unpaired) electrons. The molecule has 2 aromatic rings. The Morgan fingerprint density at radius 3 is 2.35 bits per heavy atom. The van der Waals surface area contributed by atoms with E-state index in [2.05, 4.69) is 4.74 Å². The normalized spacial score (nSPS) is 10.9. The minimum Gasteiger partial charge on any atom is -0.453 e. The van der Waals surface area contributed by atoms with E-state index in [9.17, 15) is 13.2 Å². The lowest BCUT2D eigenvalue weighted by Crippen LogP contribution is -2.14. The van der Waals surface area contributed by atoms with Crippen molar-refractivity contribution in [2.24, 2.45) is 0 Å². The smallest absolute Gasteiger partial charge is 0.403 e. The van der Waals surface area contributed by atoms with Gasteiger partial charge in [0, 0.05) is 42.2 Å². The second-order valence-corrected chi connectivity index (χ2v) is 7.31. The number of carbonyl (C=O) groups excluding carboxylic acids is 1. The zero-order chi connectivity index (χ0) is 16.3. The maximum absolute atomic E-state index is 12.5. The van der Waals surface area contributed by atoms with Gasteiger partial charge in [-0.15, -0.1) is 12.4 Å². The number of rotatable bonds is 5. The molecular weight excluding hydrogens is 361 g/mol. The van der Waals surface area contributed by atoms with Gasteiger partial charge in [0.2, 0.25) is 0 Å². The lowest BCUT2D eigenvalue weighted by molar-refractivity contribution is 0.180. The van der Waals surface area contributed by atoms with Crippen LogP contribution in [0, 0.1) is 0 Å². The summed E-state index contributed by atoms with van der Waals surface area (Å²) < 4.78 is 29.4. The minimum atomic E-state index is -3.58. The van der Waals surface area contributed by atoms with E-state index in [-0.39, 0.29) is 29.7 Å². The molecule has 0 bridgehead atoms. The van der Waals surface area contributed by atoms with Crippen molar-refractivity contribution in [1.29, 1.82) is 0 Å². The standard InChI is InChI=1S/C15H16ClNO4S.ClH/c1-17(2)13-7-3-6-12-11(13)5-4-8-14(12)22(19,20)10-9-21-15(16)18;/h3-8H,9-10H2,1-2H3;1H. The van der Waals surface area contributed by atoms with Gasteiger partial charge in [-0.25, -0.2) is 13.2 Å². The van der Waals surface area contributed by atoms with E-state index in [1.54, 1.807) is 18.2 Å². The summed E-state index contributed by atoms with van der Waals surface area (Å²) in [6, 6.07) is 10.6. The Morgan fingerprint density at radius 2 is 1.74 bits per heavy atom. The highest BCUT2D eigenvalue weighted by atomic mass is 35.5. The summed E-state index contributed by atoms with van der Waals surface area (Å²) in [6.45, 7) is -0.269. The van der Waals surface area contributed by atoms with Crippen LogP contribution in [0.2, 0.25) is 0 Å². The highest BCUT2D eigenvalue weighted by Gasteiger charge is 2.19. The molecule has 8 heteroatoms. The van der Waals surface area contributed by atoms with Gasteiger partial charge < -0.3 is 9.64 Å². The van der Waals surface area contributed by atoms with Crippen molar-refractivity contribution < 1.29 is 17.9 Å². The molecule has 0 N–H and O–H groups in total. The van der Waals surface area contributed by atoms with Crippen molar-refractivity contribution >= 4 is 55.7 Å². The maximum Gasteiger partial charge on any atom is 0.403 e. The van der Waals surface area contributed by atoms with Gasteiger partial charge in [0.1, 0.15) is 6.61 Å². The third-order valence-corrected chi connectivity index (χ3v) is 5.08. The van der Waals surface area contributed by atoms with Crippen molar-refractivity contribution in [3.63, 3.8) is 0 Å². The summed E-state index contributed by atoms with van der Waals surface area (Å²) in [6.07, 6.45) is 0. The van der Waals surface area contributed by atoms with Crippen LogP contribution in [0.25, 0.3) is 10.8 Å². The van der Waals surface area contributed by atoms with E-state index in [0.29, 0.717) is 5.39 Å². The zero-order valence-corrected chi connectivity index (χ0v) is 15.0. The number of ether oxygens (including phenoxy) is 1. The van der Waals surface area contributed by atoms with Crippen LogP contribution in [0.4, 0.5) is 10.5 Å². The van der Waals surface area contributed by atoms with Crippen molar-refractivity contribution in [1.82, 2.24) is 0 Å². The first-order chi connectivity index (χ1) is 10.3. The Hall–Kier alpha value is -1.50. The van der Waals surface area contributed by atoms with Gasteiger partial charge >= 0.3 is 5.43 Å². The Kier molecular flexibility index (Phi) is 6.68. The van der Waals surface area contributed by atoms with Gasteiger partial charge in [0.05, 0.1) is 10.6 Å². The number of carbonyl (C=O) groups is 1. The summed E-state index contributed by atoms with van der Waals surface area (Å²) in [5.74, 6) is -0.309. The second-order valence-electron chi connectivity index (χ2n) is 4.93. The molecule has 23 heavy (non-hydrogen) atoms. The quantitative estimate of drug-likeness (QED) is 0.746. The fourth-order valence-electron chi connectivity index (χ4n) is 2.27. The predicted octanol–water partition coefficient (Wildman–Crippen LogP) is 3.48. The first-order valence-corrected chi connectivity index (χ1v) is 8.60. The van der Waals surface area contributed by atoms with Crippen LogP contribution in [0.5, 0.6) is 0 Å². The van der Waals surface area contributed by atoms with Crippen LogP contribution in [0.3, 0.4) is 0 Å². The summed E-state index contributed by atoms with van der Waals surface area (Å²) in [5.41, 5.74) is -0.0789. The first-order valence-electron chi connectivity index (χ1n) is 6.57. The van der Waals surface area contributed by atoms with Gasteiger partial charge in [0.15, 0.2) is 9.84 Å². The van der Waals surface area contributed by atoms with E-state index >= 15 is 0 Å². The average molecular weight is 378 g/mol. The van der Waals surface area contributed by atoms with Gasteiger partial charge in [-0.05, 0) is 12.1 Å². The number of sulfone groups is 1. The number of fused-ring (bicyclic) bond motifs is 1. The van der Waals surface area contributed by atoms with Gasteiger partial charge in [0.25, 0.3) is 0 Å². The molecule has 0 aliphatic rings. The Bertz CT molecular complexity index is 806. The van der Waals surface area contributed by atoms with Crippen LogP contribution in [-0.4, -0.2) is 40.3 Å².